The van der Waals surface area contributed by atoms with Crippen molar-refractivity contribution in [3.8, 4) is 11.5 Å². The van der Waals surface area contributed by atoms with Gasteiger partial charge in [-0.3, -0.25) is 0 Å². The molecule has 26 heavy (non-hydrogen) atoms. The minimum Gasteiger partial charge on any atom is -0.491 e. The summed E-state index contributed by atoms with van der Waals surface area (Å²) < 4.78 is 12.2. The van der Waals surface area contributed by atoms with Gasteiger partial charge < -0.3 is 20.1 Å². The zero-order valence-corrected chi connectivity index (χ0v) is 15.2. The predicted molar refractivity (Wildman–Crippen MR) is 107 cm³/mol. The van der Waals surface area contributed by atoms with Gasteiger partial charge in [-0.25, -0.2) is 0 Å². The smallest absolute Gasteiger partial charge is 0.143 e. The molecule has 0 atom stereocenters. The Labute approximate surface area is 154 Å². The van der Waals surface area contributed by atoms with Crippen LogP contribution in [0.1, 0.15) is 13.8 Å². The number of hydrogen-bond donors (Lipinski definition) is 1. The number of nitrogens with two attached hydrogens (primary N) is 1. The second-order valence-corrected chi connectivity index (χ2v) is 7.34. The van der Waals surface area contributed by atoms with Gasteiger partial charge in [-0.1, -0.05) is 36.4 Å². The summed E-state index contributed by atoms with van der Waals surface area (Å²) in [5, 5.41) is 2.33. The highest BCUT2D eigenvalue weighted by molar-refractivity contribution is 5.88. The Hall–Kier alpha value is -2.88. The lowest BCUT2D eigenvalue weighted by Gasteiger charge is -2.41. The topological polar surface area (TPSA) is 47.7 Å². The summed E-state index contributed by atoms with van der Waals surface area (Å²) in [4.78, 5) is 2.29. The highest BCUT2D eigenvalue weighted by Gasteiger charge is 2.31. The molecule has 3 aromatic carbocycles. The van der Waals surface area contributed by atoms with E-state index >= 15 is 0 Å². The van der Waals surface area contributed by atoms with Crippen LogP contribution in [-0.4, -0.2) is 25.3 Å². The molecule has 4 nitrogen and oxygen atoms in total. The van der Waals surface area contributed by atoms with Gasteiger partial charge in [-0.2, -0.15) is 0 Å². The molecule has 1 heterocycles. The molecule has 2 N–H and O–H groups in total. The van der Waals surface area contributed by atoms with Gasteiger partial charge in [0.1, 0.15) is 23.7 Å². The van der Waals surface area contributed by atoms with Crippen molar-refractivity contribution in [3.63, 3.8) is 0 Å². The van der Waals surface area contributed by atoms with E-state index in [1.807, 2.05) is 42.5 Å². The van der Waals surface area contributed by atoms with Crippen molar-refractivity contribution >= 4 is 22.1 Å². The number of fused-ring (bicyclic) bond motifs is 2. The third-order valence-electron chi connectivity index (χ3n) is 4.65. The van der Waals surface area contributed by atoms with Gasteiger partial charge in [0.25, 0.3) is 0 Å². The first-order chi connectivity index (χ1) is 12.5. The third kappa shape index (κ3) is 3.27. The van der Waals surface area contributed by atoms with Gasteiger partial charge in [0.2, 0.25) is 0 Å². The molecule has 0 amide bonds. The molecule has 0 saturated carbocycles. The molecule has 0 fully saturated rings. The fourth-order valence-corrected chi connectivity index (χ4v) is 3.53. The molecule has 4 rings (SSSR count). The molecule has 4 heteroatoms. The minimum absolute atomic E-state index is 0.247. The molecule has 0 spiro atoms. The Morgan fingerprint density at radius 3 is 2.77 bits per heavy atom. The van der Waals surface area contributed by atoms with Crippen molar-refractivity contribution in [1.82, 2.24) is 0 Å². The van der Waals surface area contributed by atoms with Crippen molar-refractivity contribution in [2.45, 2.75) is 19.4 Å². The third-order valence-corrected chi connectivity index (χ3v) is 4.65. The van der Waals surface area contributed by atoms with Gasteiger partial charge in [-0.05, 0) is 43.5 Å². The highest BCUT2D eigenvalue weighted by atomic mass is 16.5. The van der Waals surface area contributed by atoms with E-state index in [1.54, 1.807) is 0 Å². The average Bonchev–Trinajstić information content (AvgIpc) is 2.62. The van der Waals surface area contributed by atoms with E-state index in [1.165, 1.54) is 5.39 Å². The number of nitrogen functional groups attached to an aromatic ring is 1. The summed E-state index contributed by atoms with van der Waals surface area (Å²) in [6.45, 7) is 6.36. The summed E-state index contributed by atoms with van der Waals surface area (Å²) in [6, 6.07) is 20.2. The fraction of sp³-hybridized carbons (Fsp3) is 0.273. The van der Waals surface area contributed by atoms with Crippen LogP contribution in [0.25, 0.3) is 10.8 Å². The van der Waals surface area contributed by atoms with Gasteiger partial charge in [0, 0.05) is 11.1 Å². The Morgan fingerprint density at radius 1 is 1.08 bits per heavy atom. The number of ether oxygens (including phenoxy) is 2. The quantitative estimate of drug-likeness (QED) is 0.706. The van der Waals surface area contributed by atoms with Crippen LogP contribution in [0.2, 0.25) is 0 Å². The molecule has 0 saturated heterocycles. The number of hydrogen-bond acceptors (Lipinski definition) is 4. The van der Waals surface area contributed by atoms with Crippen LogP contribution in [0.3, 0.4) is 0 Å². The number of rotatable bonds is 4. The van der Waals surface area contributed by atoms with Crippen molar-refractivity contribution in [1.29, 1.82) is 0 Å². The first-order valence-electron chi connectivity index (χ1n) is 8.96. The number of benzene rings is 3. The Balaban J connectivity index is 1.52. The molecule has 0 radical (unpaired) electrons. The lowest BCUT2D eigenvalue weighted by Crippen LogP contribution is -2.48. The summed E-state index contributed by atoms with van der Waals surface area (Å²) in [5.41, 5.74) is 7.51. The normalized spacial score (nSPS) is 15.4. The van der Waals surface area contributed by atoms with Crippen LogP contribution in [-0.2, 0) is 0 Å². The number of anilines is 2. The van der Waals surface area contributed by atoms with Crippen LogP contribution in [0.5, 0.6) is 11.5 Å². The highest BCUT2D eigenvalue weighted by Crippen LogP contribution is 2.38. The summed E-state index contributed by atoms with van der Waals surface area (Å²) in [7, 11) is 0. The van der Waals surface area contributed by atoms with Gasteiger partial charge >= 0.3 is 0 Å². The summed E-state index contributed by atoms with van der Waals surface area (Å²) >= 11 is 0. The first-order valence-corrected chi connectivity index (χ1v) is 8.96. The maximum absolute atomic E-state index is 6.12. The lowest BCUT2D eigenvalue weighted by atomic mass is 10.0. The molecule has 0 aromatic heterocycles. The average molecular weight is 348 g/mol. The Morgan fingerprint density at radius 2 is 1.88 bits per heavy atom. The first kappa shape index (κ1) is 16.6. The summed E-state index contributed by atoms with van der Waals surface area (Å²) in [6.07, 6.45) is 0. The molecular formula is C22H24N2O2. The Bertz CT molecular complexity index is 931. The predicted octanol–water partition coefficient (Wildman–Crippen LogP) is 4.48. The van der Waals surface area contributed by atoms with E-state index in [2.05, 4.69) is 36.9 Å². The van der Waals surface area contributed by atoms with Crippen LogP contribution in [0, 0.1) is 0 Å². The molecule has 0 aliphatic carbocycles. The molecule has 0 unspecified atom stereocenters. The monoisotopic (exact) mass is 348 g/mol. The van der Waals surface area contributed by atoms with E-state index in [9.17, 15) is 0 Å². The van der Waals surface area contributed by atoms with Crippen molar-refractivity contribution < 1.29 is 9.47 Å². The van der Waals surface area contributed by atoms with Crippen LogP contribution >= 0.6 is 0 Å². The fourth-order valence-electron chi connectivity index (χ4n) is 3.53. The lowest BCUT2D eigenvalue weighted by molar-refractivity contribution is 0.104. The van der Waals surface area contributed by atoms with E-state index in [4.69, 9.17) is 15.2 Å². The zero-order chi connectivity index (χ0) is 18.1. The van der Waals surface area contributed by atoms with Gasteiger partial charge in [0.15, 0.2) is 0 Å². The Kier molecular flexibility index (Phi) is 4.11. The van der Waals surface area contributed by atoms with Crippen molar-refractivity contribution in [2.24, 2.45) is 0 Å². The van der Waals surface area contributed by atoms with Crippen LogP contribution in [0.15, 0.2) is 60.7 Å². The second-order valence-electron chi connectivity index (χ2n) is 7.34. The van der Waals surface area contributed by atoms with E-state index in [-0.39, 0.29) is 5.60 Å². The van der Waals surface area contributed by atoms with Crippen molar-refractivity contribution in [2.75, 3.05) is 30.3 Å². The van der Waals surface area contributed by atoms with Gasteiger partial charge in [0.05, 0.1) is 18.8 Å². The molecule has 0 bridgehead atoms. The maximum Gasteiger partial charge on any atom is 0.143 e. The largest absolute Gasteiger partial charge is 0.491 e. The summed E-state index contributed by atoms with van der Waals surface area (Å²) in [5.74, 6) is 1.80. The van der Waals surface area contributed by atoms with Gasteiger partial charge in [-0.15, -0.1) is 0 Å². The molecule has 1 aliphatic heterocycles. The SMILES string of the molecule is CC1(C)CN(CCOc2cccc3ccccc23)c2cc(N)ccc2O1. The minimum atomic E-state index is -0.247. The van der Waals surface area contributed by atoms with E-state index < -0.39 is 0 Å². The molecule has 1 aliphatic rings. The standard InChI is InChI=1S/C22H24N2O2/c1-22(2)15-24(19-14-17(23)10-11-21(19)26-22)12-13-25-20-9-5-7-16-6-3-4-8-18(16)20/h3-11,14H,12-13,15,23H2,1-2H3. The van der Waals surface area contributed by atoms with E-state index in [0.29, 0.717) is 6.61 Å². The van der Waals surface area contributed by atoms with Crippen LogP contribution < -0.4 is 20.1 Å². The molecular weight excluding hydrogens is 324 g/mol. The molecule has 3 aromatic rings. The second kappa shape index (κ2) is 6.45. The van der Waals surface area contributed by atoms with Crippen molar-refractivity contribution in [3.05, 3.63) is 60.7 Å². The maximum atomic E-state index is 6.12. The van der Waals surface area contributed by atoms with E-state index in [0.717, 1.165) is 41.3 Å². The van der Waals surface area contributed by atoms with Crippen LogP contribution in [0.4, 0.5) is 11.4 Å². The number of nitrogens with zero attached hydrogens (tertiary/aromatic N) is 1. The zero-order valence-electron chi connectivity index (χ0n) is 15.2. The molecule has 134 valence electrons.